The Kier molecular flexibility index (Phi) is 2.61. The highest BCUT2D eigenvalue weighted by Crippen LogP contribution is 2.32. The predicted molar refractivity (Wildman–Crippen MR) is 77.6 cm³/mol. The highest BCUT2D eigenvalue weighted by Gasteiger charge is 2.06. The van der Waals surface area contributed by atoms with E-state index >= 15 is 0 Å². The van der Waals surface area contributed by atoms with Gasteiger partial charge in [-0.15, -0.1) is 0 Å². The summed E-state index contributed by atoms with van der Waals surface area (Å²) in [4.78, 5) is 9.14. The van der Waals surface area contributed by atoms with Crippen LogP contribution in [0.15, 0.2) is 66.2 Å². The number of para-hydroxylation sites is 2. The maximum absolute atomic E-state index is 4.65. The van der Waals surface area contributed by atoms with Crippen LogP contribution in [-0.2, 0) is 0 Å². The van der Waals surface area contributed by atoms with E-state index in [9.17, 15) is 0 Å². The van der Waals surface area contributed by atoms with Crippen LogP contribution in [0.3, 0.4) is 0 Å². The molecule has 2 heteroatoms. The van der Waals surface area contributed by atoms with Gasteiger partial charge in [0, 0.05) is 17.0 Å². The van der Waals surface area contributed by atoms with Crippen LogP contribution in [0, 0.1) is 0 Å². The lowest BCUT2D eigenvalue weighted by Gasteiger charge is -2.06. The van der Waals surface area contributed by atoms with Crippen molar-refractivity contribution in [2.45, 2.75) is 0 Å². The third kappa shape index (κ3) is 1.68. The van der Waals surface area contributed by atoms with E-state index in [0.29, 0.717) is 0 Å². The van der Waals surface area contributed by atoms with E-state index < -0.39 is 0 Å². The van der Waals surface area contributed by atoms with E-state index in [0.717, 1.165) is 27.5 Å². The molecule has 1 aromatic heterocycles. The van der Waals surface area contributed by atoms with Crippen LogP contribution in [0.2, 0.25) is 0 Å². The first kappa shape index (κ1) is 10.7. The summed E-state index contributed by atoms with van der Waals surface area (Å²) in [6.45, 7) is 3.67. The molecular formula is C16H12N2. The van der Waals surface area contributed by atoms with Gasteiger partial charge in [-0.25, -0.2) is 4.98 Å². The molecule has 0 unspecified atom stereocenters. The third-order valence-electron chi connectivity index (χ3n) is 2.87. The molecule has 3 aromatic rings. The van der Waals surface area contributed by atoms with Crippen LogP contribution < -0.4 is 0 Å². The van der Waals surface area contributed by atoms with Gasteiger partial charge in [0.05, 0.1) is 16.7 Å². The van der Waals surface area contributed by atoms with Crippen molar-refractivity contribution >= 4 is 33.7 Å². The van der Waals surface area contributed by atoms with Crippen LogP contribution in [-0.4, -0.2) is 11.2 Å². The molecule has 86 valence electrons. The molecule has 0 fully saturated rings. The number of hydrogen-bond donors (Lipinski definition) is 0. The Morgan fingerprint density at radius 3 is 2.00 bits per heavy atom. The van der Waals surface area contributed by atoms with Crippen LogP contribution in [0.1, 0.15) is 0 Å². The zero-order valence-corrected chi connectivity index (χ0v) is 9.88. The van der Waals surface area contributed by atoms with Crippen molar-refractivity contribution < 1.29 is 0 Å². The zero-order valence-electron chi connectivity index (χ0n) is 9.88. The third-order valence-corrected chi connectivity index (χ3v) is 2.87. The molecule has 0 amide bonds. The first-order valence-electron chi connectivity index (χ1n) is 5.83. The summed E-state index contributed by atoms with van der Waals surface area (Å²) in [5.74, 6) is 0. The number of hydrogen-bond acceptors (Lipinski definition) is 2. The summed E-state index contributed by atoms with van der Waals surface area (Å²) in [6, 6.07) is 16.1. The molecule has 0 radical (unpaired) electrons. The number of fused-ring (bicyclic) bond motifs is 2. The van der Waals surface area contributed by atoms with Gasteiger partial charge in [-0.3, -0.25) is 4.99 Å². The molecule has 0 bridgehead atoms. The Balaban J connectivity index is 2.49. The zero-order chi connectivity index (χ0) is 12.4. The van der Waals surface area contributed by atoms with E-state index in [4.69, 9.17) is 0 Å². The number of allylic oxidation sites excluding steroid dienone is 1. The molecule has 0 aliphatic rings. The molecule has 0 aliphatic heterocycles. The van der Waals surface area contributed by atoms with E-state index in [1.165, 1.54) is 0 Å². The lowest BCUT2D eigenvalue weighted by molar-refractivity contribution is 1.48. The van der Waals surface area contributed by atoms with Crippen molar-refractivity contribution in [3.05, 3.63) is 61.2 Å². The van der Waals surface area contributed by atoms with Gasteiger partial charge in [-0.1, -0.05) is 49.1 Å². The molecule has 0 spiro atoms. The fourth-order valence-corrected chi connectivity index (χ4v) is 2.08. The summed E-state index contributed by atoms with van der Waals surface area (Å²) in [7, 11) is 0. The topological polar surface area (TPSA) is 25.2 Å². The largest absolute Gasteiger partial charge is 0.255 e. The summed E-state index contributed by atoms with van der Waals surface area (Å²) in [5, 5.41) is 2.13. The number of rotatable bonds is 2. The second-order valence-corrected chi connectivity index (χ2v) is 4.01. The lowest BCUT2D eigenvalue weighted by atomic mass is 10.1. The average molecular weight is 232 g/mol. The minimum atomic E-state index is 0.955. The Morgan fingerprint density at radius 2 is 1.44 bits per heavy atom. The van der Waals surface area contributed by atoms with Gasteiger partial charge in [-0.2, -0.15) is 0 Å². The first-order valence-corrected chi connectivity index (χ1v) is 5.83. The number of pyridine rings is 1. The maximum atomic E-state index is 4.65. The van der Waals surface area contributed by atoms with Crippen LogP contribution in [0.25, 0.3) is 21.8 Å². The van der Waals surface area contributed by atoms with Crippen molar-refractivity contribution in [3.63, 3.8) is 0 Å². The quantitative estimate of drug-likeness (QED) is 0.478. The van der Waals surface area contributed by atoms with E-state index in [2.05, 4.69) is 16.6 Å². The van der Waals surface area contributed by atoms with E-state index in [1.54, 1.807) is 12.3 Å². The normalized spacial score (nSPS) is 11.3. The molecule has 2 nitrogen and oxygen atoms in total. The molecule has 0 N–H and O–H groups in total. The van der Waals surface area contributed by atoms with Gasteiger partial charge in [0.2, 0.25) is 0 Å². The number of benzene rings is 2. The minimum absolute atomic E-state index is 0.955. The number of aromatic nitrogens is 1. The van der Waals surface area contributed by atoms with Crippen LogP contribution in [0.5, 0.6) is 0 Å². The Bertz CT molecular complexity index is 703. The van der Waals surface area contributed by atoms with Crippen LogP contribution in [0.4, 0.5) is 5.69 Å². The standard InChI is InChI=1S/C16H12N2/c1-2-11-17-16-12-7-3-5-9-14(12)18-15-10-6-4-8-13(15)16/h2-11H,1H2. The van der Waals surface area contributed by atoms with Crippen molar-refractivity contribution in [3.8, 4) is 0 Å². The SMILES string of the molecule is C=CC=Nc1c2ccccc2nc2ccccc12. The molecule has 0 saturated carbocycles. The van der Waals surface area contributed by atoms with E-state index in [-0.39, 0.29) is 0 Å². The van der Waals surface area contributed by atoms with Gasteiger partial charge in [-0.05, 0) is 12.1 Å². The Hall–Kier alpha value is -2.48. The maximum Gasteiger partial charge on any atom is 0.0817 e. The second-order valence-electron chi connectivity index (χ2n) is 4.01. The molecule has 1 heterocycles. The minimum Gasteiger partial charge on any atom is -0.255 e. The molecule has 3 rings (SSSR count). The summed E-state index contributed by atoms with van der Waals surface area (Å²) >= 11 is 0. The Labute approximate surface area is 105 Å². The summed E-state index contributed by atoms with van der Waals surface area (Å²) in [6.07, 6.45) is 3.40. The van der Waals surface area contributed by atoms with Crippen LogP contribution >= 0.6 is 0 Å². The number of nitrogens with zero attached hydrogens (tertiary/aromatic N) is 2. The second kappa shape index (κ2) is 4.41. The molecule has 2 aromatic carbocycles. The average Bonchev–Trinajstić information content (AvgIpc) is 2.43. The highest BCUT2D eigenvalue weighted by molar-refractivity contribution is 6.07. The summed E-state index contributed by atoms with van der Waals surface area (Å²) in [5.41, 5.74) is 2.89. The van der Waals surface area contributed by atoms with Gasteiger partial charge in [0.1, 0.15) is 0 Å². The smallest absolute Gasteiger partial charge is 0.0817 e. The van der Waals surface area contributed by atoms with Gasteiger partial charge < -0.3 is 0 Å². The molecular weight excluding hydrogens is 220 g/mol. The monoisotopic (exact) mass is 232 g/mol. The van der Waals surface area contributed by atoms with Crippen molar-refractivity contribution in [1.82, 2.24) is 4.98 Å². The summed E-state index contributed by atoms with van der Waals surface area (Å²) < 4.78 is 0. The highest BCUT2D eigenvalue weighted by atomic mass is 14.8. The lowest BCUT2D eigenvalue weighted by Crippen LogP contribution is -1.83. The van der Waals surface area contributed by atoms with Gasteiger partial charge in [0.25, 0.3) is 0 Å². The van der Waals surface area contributed by atoms with E-state index in [1.807, 2.05) is 48.5 Å². The first-order chi connectivity index (χ1) is 8.90. The van der Waals surface area contributed by atoms with Crippen molar-refractivity contribution in [2.75, 3.05) is 0 Å². The van der Waals surface area contributed by atoms with Crippen molar-refractivity contribution in [2.24, 2.45) is 4.99 Å². The van der Waals surface area contributed by atoms with Gasteiger partial charge >= 0.3 is 0 Å². The van der Waals surface area contributed by atoms with Gasteiger partial charge in [0.15, 0.2) is 0 Å². The Morgan fingerprint density at radius 1 is 0.889 bits per heavy atom. The predicted octanol–water partition coefficient (Wildman–Crippen LogP) is 4.28. The molecule has 18 heavy (non-hydrogen) atoms. The molecule has 0 atom stereocenters. The molecule has 0 aliphatic carbocycles. The fraction of sp³-hybridized carbons (Fsp3) is 0. The number of aliphatic imine (C=N–C) groups is 1. The molecule has 0 saturated heterocycles. The van der Waals surface area contributed by atoms with Crippen molar-refractivity contribution in [1.29, 1.82) is 0 Å². The fourth-order valence-electron chi connectivity index (χ4n) is 2.08.